The van der Waals surface area contributed by atoms with Crippen molar-refractivity contribution in [3.8, 4) is 0 Å². The summed E-state index contributed by atoms with van der Waals surface area (Å²) in [7, 11) is 0. The lowest BCUT2D eigenvalue weighted by molar-refractivity contribution is -0.130. The largest absolute Gasteiger partial charge is 0.368 e. The molecule has 5 heterocycles. The molecule has 2 aromatic rings. The molecule has 152 valence electrons. The van der Waals surface area contributed by atoms with Gasteiger partial charge in [-0.2, -0.15) is 0 Å². The van der Waals surface area contributed by atoms with Crippen LogP contribution >= 0.6 is 0 Å². The van der Waals surface area contributed by atoms with Crippen LogP contribution in [-0.2, 0) is 9.53 Å². The highest BCUT2D eigenvalue weighted by Gasteiger charge is 2.41. The highest BCUT2D eigenvalue weighted by Crippen LogP contribution is 2.41. The number of nitrogens with one attached hydrogen (secondary N) is 1. The molecule has 0 aliphatic carbocycles. The molecule has 0 unspecified atom stereocenters. The zero-order chi connectivity index (χ0) is 19.8. The standard InChI is InChI=1S/C21H25N5O3/c27-20-5-1-3-16-14-9-15(13-25(12-14)19-11-22-6-7-23-19)17(26(16)20)10-24-21(28)18-4-2-8-29-18/h1,3,5-7,11,14-15,17-18H,2,4,8-10,12-13H2,(H,24,28)/t14-,15+,17+,18+/m1/s1. The van der Waals surface area contributed by atoms with E-state index in [0.29, 0.717) is 13.2 Å². The number of rotatable bonds is 4. The number of ether oxygens (including phenoxy) is 1. The van der Waals surface area contributed by atoms with Crippen LogP contribution < -0.4 is 15.8 Å². The van der Waals surface area contributed by atoms with Gasteiger partial charge < -0.3 is 19.5 Å². The molecule has 2 fully saturated rings. The van der Waals surface area contributed by atoms with E-state index in [9.17, 15) is 9.59 Å². The van der Waals surface area contributed by atoms with Gasteiger partial charge in [0.1, 0.15) is 11.9 Å². The van der Waals surface area contributed by atoms with Crippen molar-refractivity contribution in [1.82, 2.24) is 19.9 Å². The number of nitrogens with zero attached hydrogens (tertiary/aromatic N) is 4. The number of amides is 1. The van der Waals surface area contributed by atoms with Crippen LogP contribution in [0.1, 0.15) is 36.9 Å². The summed E-state index contributed by atoms with van der Waals surface area (Å²) in [5.74, 6) is 1.29. The molecule has 1 amide bonds. The third-order valence-electron chi connectivity index (χ3n) is 6.38. The zero-order valence-electron chi connectivity index (χ0n) is 16.2. The van der Waals surface area contributed by atoms with Gasteiger partial charge in [-0.3, -0.25) is 14.6 Å². The van der Waals surface area contributed by atoms with E-state index >= 15 is 0 Å². The molecule has 0 aromatic carbocycles. The van der Waals surface area contributed by atoms with Crippen LogP contribution in [0.15, 0.2) is 41.6 Å². The SMILES string of the molecule is O=C(NC[C@H]1[C@H]2C[C@H](CN(c3cnccn3)C2)c2cccc(=O)n21)[C@@H]1CCCO1. The Morgan fingerprint density at radius 3 is 3.00 bits per heavy atom. The Morgan fingerprint density at radius 1 is 1.28 bits per heavy atom. The lowest BCUT2D eigenvalue weighted by Gasteiger charge is -2.47. The Morgan fingerprint density at radius 2 is 2.21 bits per heavy atom. The number of carbonyl (C=O) groups excluding carboxylic acids is 1. The quantitative estimate of drug-likeness (QED) is 0.834. The lowest BCUT2D eigenvalue weighted by atomic mass is 9.78. The van der Waals surface area contributed by atoms with E-state index in [1.54, 1.807) is 24.7 Å². The van der Waals surface area contributed by atoms with Crippen LogP contribution in [0.2, 0.25) is 0 Å². The van der Waals surface area contributed by atoms with E-state index in [4.69, 9.17) is 4.74 Å². The van der Waals surface area contributed by atoms with Crippen molar-refractivity contribution >= 4 is 11.7 Å². The van der Waals surface area contributed by atoms with Crippen LogP contribution in [0.5, 0.6) is 0 Å². The van der Waals surface area contributed by atoms with Gasteiger partial charge in [0, 0.05) is 56.3 Å². The van der Waals surface area contributed by atoms with Gasteiger partial charge in [0.2, 0.25) is 5.91 Å². The van der Waals surface area contributed by atoms with Crippen molar-refractivity contribution in [3.63, 3.8) is 0 Å². The van der Waals surface area contributed by atoms with Crippen molar-refractivity contribution in [2.75, 3.05) is 31.1 Å². The van der Waals surface area contributed by atoms with Crippen LogP contribution in [0.4, 0.5) is 5.82 Å². The minimum absolute atomic E-state index is 0.00141. The van der Waals surface area contributed by atoms with Gasteiger partial charge in [0.15, 0.2) is 0 Å². The first-order chi connectivity index (χ1) is 14.2. The van der Waals surface area contributed by atoms with Crippen molar-refractivity contribution in [1.29, 1.82) is 0 Å². The summed E-state index contributed by atoms with van der Waals surface area (Å²) < 4.78 is 7.41. The Bertz CT molecular complexity index is 941. The van der Waals surface area contributed by atoms with E-state index in [2.05, 4.69) is 20.2 Å². The molecule has 2 bridgehead atoms. The van der Waals surface area contributed by atoms with E-state index < -0.39 is 0 Å². The highest BCUT2D eigenvalue weighted by molar-refractivity contribution is 5.80. The summed E-state index contributed by atoms with van der Waals surface area (Å²) in [6, 6.07) is 5.40. The second-order valence-corrected chi connectivity index (χ2v) is 8.13. The van der Waals surface area contributed by atoms with E-state index in [1.807, 2.05) is 16.7 Å². The summed E-state index contributed by atoms with van der Waals surface area (Å²) in [5.41, 5.74) is 1.04. The molecule has 1 N–H and O–H groups in total. The maximum absolute atomic E-state index is 12.7. The number of hydrogen-bond acceptors (Lipinski definition) is 6. The summed E-state index contributed by atoms with van der Waals surface area (Å²) in [4.78, 5) is 36.2. The fourth-order valence-corrected chi connectivity index (χ4v) is 5.05. The topological polar surface area (TPSA) is 89.4 Å². The molecule has 2 aromatic heterocycles. The second kappa shape index (κ2) is 7.59. The summed E-state index contributed by atoms with van der Waals surface area (Å²) in [5, 5.41) is 3.05. The van der Waals surface area contributed by atoms with Crippen LogP contribution in [0.25, 0.3) is 0 Å². The molecular weight excluding hydrogens is 370 g/mol. The normalized spacial score (nSPS) is 28.1. The molecule has 29 heavy (non-hydrogen) atoms. The van der Waals surface area contributed by atoms with Gasteiger partial charge in [0.25, 0.3) is 5.56 Å². The number of pyridine rings is 1. The van der Waals surface area contributed by atoms with Gasteiger partial charge in [-0.1, -0.05) is 6.07 Å². The zero-order valence-corrected chi connectivity index (χ0v) is 16.2. The third kappa shape index (κ3) is 3.42. The number of carbonyl (C=O) groups is 1. The molecule has 0 spiro atoms. The van der Waals surface area contributed by atoms with Gasteiger partial charge in [0.05, 0.1) is 12.2 Å². The minimum atomic E-state index is -0.360. The molecule has 3 aliphatic rings. The monoisotopic (exact) mass is 395 g/mol. The maximum Gasteiger partial charge on any atom is 0.251 e. The molecule has 0 radical (unpaired) electrons. The Kier molecular flexibility index (Phi) is 4.79. The highest BCUT2D eigenvalue weighted by atomic mass is 16.5. The molecule has 8 nitrogen and oxygen atoms in total. The average Bonchev–Trinajstić information content (AvgIpc) is 3.29. The Balaban J connectivity index is 1.42. The predicted octanol–water partition coefficient (Wildman–Crippen LogP) is 1.10. The van der Waals surface area contributed by atoms with E-state index in [1.165, 1.54) is 0 Å². The first kappa shape index (κ1) is 18.3. The smallest absolute Gasteiger partial charge is 0.251 e. The second-order valence-electron chi connectivity index (χ2n) is 8.13. The van der Waals surface area contributed by atoms with Gasteiger partial charge in [-0.05, 0) is 31.2 Å². The fraction of sp³-hybridized carbons (Fsp3) is 0.524. The molecule has 0 saturated carbocycles. The van der Waals surface area contributed by atoms with Crippen LogP contribution in [0.3, 0.4) is 0 Å². The molecule has 5 rings (SSSR count). The minimum Gasteiger partial charge on any atom is -0.368 e. The number of hydrogen-bond donors (Lipinski definition) is 1. The number of piperidine rings is 1. The molecule has 3 aliphatic heterocycles. The summed E-state index contributed by atoms with van der Waals surface area (Å²) in [6.45, 7) is 2.67. The summed E-state index contributed by atoms with van der Waals surface area (Å²) >= 11 is 0. The van der Waals surface area contributed by atoms with E-state index in [-0.39, 0.29) is 35.4 Å². The predicted molar refractivity (Wildman–Crippen MR) is 107 cm³/mol. The van der Waals surface area contributed by atoms with Crippen LogP contribution in [-0.4, -0.2) is 52.8 Å². The molecule has 2 saturated heterocycles. The average molecular weight is 395 g/mol. The molecular formula is C21H25N5O3. The van der Waals surface area contributed by atoms with Crippen molar-refractivity contribution < 1.29 is 9.53 Å². The number of anilines is 1. The number of aromatic nitrogens is 3. The third-order valence-corrected chi connectivity index (χ3v) is 6.38. The van der Waals surface area contributed by atoms with Crippen molar-refractivity contribution in [3.05, 3.63) is 52.8 Å². The summed E-state index contributed by atoms with van der Waals surface area (Å²) in [6.07, 6.45) is 7.49. The van der Waals surface area contributed by atoms with Crippen LogP contribution in [0, 0.1) is 5.92 Å². The maximum atomic E-state index is 12.7. The molecule has 8 heteroatoms. The fourth-order valence-electron chi connectivity index (χ4n) is 5.05. The first-order valence-electron chi connectivity index (χ1n) is 10.3. The van der Waals surface area contributed by atoms with Gasteiger partial charge in [-0.15, -0.1) is 0 Å². The van der Waals surface area contributed by atoms with Gasteiger partial charge in [-0.25, -0.2) is 4.98 Å². The van der Waals surface area contributed by atoms with E-state index in [0.717, 1.165) is 43.9 Å². The Hall–Kier alpha value is -2.74. The number of fused-ring (bicyclic) bond motifs is 4. The van der Waals surface area contributed by atoms with Crippen molar-refractivity contribution in [2.24, 2.45) is 5.92 Å². The lowest BCUT2D eigenvalue weighted by Crippen LogP contribution is -2.52. The van der Waals surface area contributed by atoms with Crippen molar-refractivity contribution in [2.45, 2.75) is 37.3 Å². The van der Waals surface area contributed by atoms with Gasteiger partial charge >= 0.3 is 0 Å². The Labute approximate surface area is 168 Å². The molecule has 4 atom stereocenters. The first-order valence-corrected chi connectivity index (χ1v) is 10.3.